The fourth-order valence-corrected chi connectivity index (χ4v) is 3.79. The van der Waals surface area contributed by atoms with Crippen molar-refractivity contribution < 1.29 is 19.1 Å². The van der Waals surface area contributed by atoms with Gasteiger partial charge in [-0.05, 0) is 44.9 Å². The number of rotatable bonds is 5. The maximum absolute atomic E-state index is 12.7. The molecule has 1 amide bonds. The van der Waals surface area contributed by atoms with Gasteiger partial charge in [-0.3, -0.25) is 14.5 Å². The summed E-state index contributed by atoms with van der Waals surface area (Å²) in [4.78, 5) is 32.0. The van der Waals surface area contributed by atoms with Crippen LogP contribution in [0, 0.1) is 19.8 Å². The van der Waals surface area contributed by atoms with Crippen molar-refractivity contribution in [2.24, 2.45) is 5.92 Å². The lowest BCUT2D eigenvalue weighted by Crippen LogP contribution is -2.47. The SMILES string of the molecule is Cc1nc(-c2ccc3c(c2)N(CC(=O)OCC(C)C)C(=O)C(C)O3)c(C)s1. The fourth-order valence-electron chi connectivity index (χ4n) is 2.95. The first-order chi connectivity index (χ1) is 12.8. The Morgan fingerprint density at radius 2 is 2.11 bits per heavy atom. The molecule has 0 radical (unpaired) electrons. The molecule has 0 aliphatic carbocycles. The Labute approximate surface area is 163 Å². The molecule has 7 heteroatoms. The molecule has 0 spiro atoms. The number of carbonyl (C=O) groups excluding carboxylic acids is 2. The Balaban J connectivity index is 1.93. The van der Waals surface area contributed by atoms with Crippen LogP contribution in [0.5, 0.6) is 5.75 Å². The first-order valence-corrected chi connectivity index (χ1v) is 9.80. The molecule has 0 saturated heterocycles. The number of anilines is 1. The predicted octanol–water partition coefficient (Wildman–Crippen LogP) is 3.74. The zero-order valence-electron chi connectivity index (χ0n) is 16.2. The van der Waals surface area contributed by atoms with Gasteiger partial charge in [0, 0.05) is 10.4 Å². The van der Waals surface area contributed by atoms with Crippen LogP contribution in [0.1, 0.15) is 30.7 Å². The number of hydrogen-bond donors (Lipinski definition) is 0. The molecule has 0 fully saturated rings. The molecule has 1 atom stereocenters. The number of hydrogen-bond acceptors (Lipinski definition) is 6. The molecule has 0 saturated carbocycles. The van der Waals surface area contributed by atoms with Crippen LogP contribution in [0.15, 0.2) is 18.2 Å². The van der Waals surface area contributed by atoms with E-state index in [1.54, 1.807) is 18.3 Å². The maximum atomic E-state index is 12.7. The molecule has 2 aromatic rings. The monoisotopic (exact) mass is 388 g/mol. The molecule has 6 nitrogen and oxygen atoms in total. The van der Waals surface area contributed by atoms with Gasteiger partial charge in [0.25, 0.3) is 5.91 Å². The minimum Gasteiger partial charge on any atom is -0.479 e. The van der Waals surface area contributed by atoms with Crippen LogP contribution in [-0.2, 0) is 14.3 Å². The standard InChI is InChI=1S/C20H24N2O4S/c1-11(2)10-25-18(23)9-22-16-8-15(19-13(4)27-14(5)21-19)6-7-17(16)26-12(3)20(22)24/h6-8,11-12H,9-10H2,1-5H3. The van der Waals surface area contributed by atoms with E-state index in [-0.39, 0.29) is 18.4 Å². The fraction of sp³-hybridized carbons (Fsp3) is 0.450. The molecule has 2 heterocycles. The van der Waals surface area contributed by atoms with Crippen molar-refractivity contribution in [2.45, 2.75) is 40.7 Å². The molecule has 1 aromatic carbocycles. The van der Waals surface area contributed by atoms with E-state index in [0.29, 0.717) is 18.0 Å². The number of aryl methyl sites for hydroxylation is 2. The van der Waals surface area contributed by atoms with E-state index >= 15 is 0 Å². The van der Waals surface area contributed by atoms with E-state index in [0.717, 1.165) is 21.1 Å². The van der Waals surface area contributed by atoms with Crippen LogP contribution < -0.4 is 9.64 Å². The lowest BCUT2D eigenvalue weighted by Gasteiger charge is -2.32. The third-order valence-electron chi connectivity index (χ3n) is 4.21. The van der Waals surface area contributed by atoms with Crippen molar-refractivity contribution in [3.63, 3.8) is 0 Å². The van der Waals surface area contributed by atoms with Crippen molar-refractivity contribution in [1.82, 2.24) is 4.98 Å². The van der Waals surface area contributed by atoms with Gasteiger partial charge >= 0.3 is 5.97 Å². The van der Waals surface area contributed by atoms with Gasteiger partial charge in [0.2, 0.25) is 0 Å². The quantitative estimate of drug-likeness (QED) is 0.730. The molecule has 1 aromatic heterocycles. The van der Waals surface area contributed by atoms with Gasteiger partial charge in [-0.2, -0.15) is 0 Å². The highest BCUT2D eigenvalue weighted by molar-refractivity contribution is 7.11. The minimum atomic E-state index is -0.649. The van der Waals surface area contributed by atoms with Gasteiger partial charge in [-0.15, -0.1) is 11.3 Å². The van der Waals surface area contributed by atoms with Crippen LogP contribution in [0.2, 0.25) is 0 Å². The molecule has 1 unspecified atom stereocenters. The van der Waals surface area contributed by atoms with E-state index in [2.05, 4.69) is 4.98 Å². The summed E-state index contributed by atoms with van der Waals surface area (Å²) in [6.07, 6.45) is -0.649. The molecule has 0 N–H and O–H groups in total. The van der Waals surface area contributed by atoms with Gasteiger partial charge < -0.3 is 9.47 Å². The van der Waals surface area contributed by atoms with Crippen molar-refractivity contribution in [3.8, 4) is 17.0 Å². The highest BCUT2D eigenvalue weighted by atomic mass is 32.1. The number of benzene rings is 1. The summed E-state index contributed by atoms with van der Waals surface area (Å²) in [6.45, 7) is 9.79. The number of nitrogens with zero attached hydrogens (tertiary/aromatic N) is 2. The molecule has 1 aliphatic rings. The first-order valence-electron chi connectivity index (χ1n) is 8.98. The number of fused-ring (bicyclic) bond motifs is 1. The molecule has 27 heavy (non-hydrogen) atoms. The number of thiazole rings is 1. The maximum Gasteiger partial charge on any atom is 0.326 e. The van der Waals surface area contributed by atoms with Crippen LogP contribution in [0.3, 0.4) is 0 Å². The van der Waals surface area contributed by atoms with Crippen molar-refractivity contribution in [1.29, 1.82) is 0 Å². The topological polar surface area (TPSA) is 68.7 Å². The van der Waals surface area contributed by atoms with Crippen molar-refractivity contribution in [2.75, 3.05) is 18.1 Å². The number of ether oxygens (including phenoxy) is 2. The second-order valence-electron chi connectivity index (χ2n) is 7.08. The Bertz CT molecular complexity index is 875. The first kappa shape index (κ1) is 19.4. The van der Waals surface area contributed by atoms with Gasteiger partial charge in [0.05, 0.1) is 23.0 Å². The Morgan fingerprint density at radius 1 is 1.37 bits per heavy atom. The summed E-state index contributed by atoms with van der Waals surface area (Å²) in [5.41, 5.74) is 2.35. The second-order valence-corrected chi connectivity index (χ2v) is 8.49. The average molecular weight is 388 g/mol. The zero-order valence-corrected chi connectivity index (χ0v) is 17.1. The number of aromatic nitrogens is 1. The van der Waals surface area contributed by atoms with E-state index in [4.69, 9.17) is 9.47 Å². The summed E-state index contributed by atoms with van der Waals surface area (Å²) in [7, 11) is 0. The lowest BCUT2D eigenvalue weighted by molar-refractivity contribution is -0.144. The minimum absolute atomic E-state index is 0.134. The molecule has 0 bridgehead atoms. The van der Waals surface area contributed by atoms with E-state index in [1.807, 2.05) is 45.9 Å². The van der Waals surface area contributed by atoms with Crippen molar-refractivity contribution in [3.05, 3.63) is 28.1 Å². The number of amides is 1. The Morgan fingerprint density at radius 3 is 2.74 bits per heavy atom. The second kappa shape index (κ2) is 7.68. The molecular formula is C20H24N2O4S. The van der Waals surface area contributed by atoms with Crippen molar-refractivity contribution >= 4 is 28.9 Å². The zero-order chi connectivity index (χ0) is 19.7. The summed E-state index contributed by atoms with van der Waals surface area (Å²) in [6, 6.07) is 5.61. The molecular weight excluding hydrogens is 364 g/mol. The average Bonchev–Trinajstić information content (AvgIpc) is 2.95. The van der Waals surface area contributed by atoms with E-state index < -0.39 is 12.1 Å². The highest BCUT2D eigenvalue weighted by Crippen LogP contribution is 2.38. The largest absolute Gasteiger partial charge is 0.479 e. The smallest absolute Gasteiger partial charge is 0.326 e. The van der Waals surface area contributed by atoms with Crippen LogP contribution in [0.25, 0.3) is 11.3 Å². The lowest BCUT2D eigenvalue weighted by atomic mass is 10.1. The highest BCUT2D eigenvalue weighted by Gasteiger charge is 2.33. The van der Waals surface area contributed by atoms with Gasteiger partial charge in [-0.25, -0.2) is 4.98 Å². The van der Waals surface area contributed by atoms with Crippen LogP contribution in [0.4, 0.5) is 5.69 Å². The number of esters is 1. The Hall–Kier alpha value is -2.41. The van der Waals surface area contributed by atoms with Crippen LogP contribution in [-0.4, -0.2) is 36.1 Å². The predicted molar refractivity (Wildman–Crippen MR) is 105 cm³/mol. The summed E-state index contributed by atoms with van der Waals surface area (Å²) < 4.78 is 11.0. The van der Waals surface area contributed by atoms with Gasteiger partial charge in [-0.1, -0.05) is 13.8 Å². The van der Waals surface area contributed by atoms with Gasteiger partial charge in [0.1, 0.15) is 12.3 Å². The molecule has 3 rings (SSSR count). The summed E-state index contributed by atoms with van der Waals surface area (Å²) in [5, 5.41) is 0.982. The number of carbonyl (C=O) groups is 2. The van der Waals surface area contributed by atoms with Gasteiger partial charge in [0.15, 0.2) is 6.10 Å². The summed E-state index contributed by atoms with van der Waals surface area (Å²) in [5.74, 6) is 0.130. The third-order valence-corrected chi connectivity index (χ3v) is 5.10. The molecule has 144 valence electrons. The normalized spacial score (nSPS) is 16.3. The Kier molecular flexibility index (Phi) is 5.51. The van der Waals surface area contributed by atoms with E-state index in [9.17, 15) is 9.59 Å². The van der Waals surface area contributed by atoms with E-state index in [1.165, 1.54) is 4.90 Å². The van der Waals surface area contributed by atoms with Crippen LogP contribution >= 0.6 is 11.3 Å². The third kappa shape index (κ3) is 4.13. The molecule has 1 aliphatic heterocycles. The summed E-state index contributed by atoms with van der Waals surface area (Å²) >= 11 is 1.63.